The van der Waals surface area contributed by atoms with Gasteiger partial charge in [0.05, 0.1) is 12.5 Å². The smallest absolute Gasteiger partial charge is 0.309 e. The predicted molar refractivity (Wildman–Crippen MR) is 129 cm³/mol. The predicted octanol–water partition coefficient (Wildman–Crippen LogP) is 6.92. The Morgan fingerprint density at radius 2 is 1.91 bits per heavy atom. The van der Waals surface area contributed by atoms with Gasteiger partial charge in [-0.2, -0.15) is 0 Å². The Hall–Kier alpha value is -1.38. The number of allylic oxidation sites excluding steroid dienone is 3. The molecule has 8 atom stereocenters. The summed E-state index contributed by atoms with van der Waals surface area (Å²) in [6.45, 7) is 15.6. The fourth-order valence-corrected chi connectivity index (χ4v) is 8.29. The van der Waals surface area contributed by atoms with Crippen LogP contribution in [0.5, 0.6) is 0 Å². The minimum absolute atomic E-state index is 0.0113. The fraction of sp³-hybridized carbons (Fsp3) is 0.793. The number of esters is 1. The van der Waals surface area contributed by atoms with Gasteiger partial charge in [-0.05, 0) is 86.9 Å². The second kappa shape index (κ2) is 8.44. The Morgan fingerprint density at radius 3 is 2.59 bits per heavy atom. The molecule has 3 saturated carbocycles. The molecule has 0 bridgehead atoms. The number of ether oxygens (including phenoxy) is 1. The summed E-state index contributed by atoms with van der Waals surface area (Å²) in [7, 11) is 0. The highest BCUT2D eigenvalue weighted by Crippen LogP contribution is 2.63. The molecule has 0 heterocycles. The molecule has 3 heteroatoms. The van der Waals surface area contributed by atoms with E-state index in [-0.39, 0.29) is 45.8 Å². The minimum atomic E-state index is -0.251. The van der Waals surface area contributed by atoms with Gasteiger partial charge in [-0.25, -0.2) is 0 Å². The second-order valence-electron chi connectivity index (χ2n) is 12.6. The van der Waals surface area contributed by atoms with Crippen LogP contribution < -0.4 is 0 Å². The SMILES string of the molecule is C=C[C@@]1(C)CC[C@H]2C(=CC[C@@H]3[C@](C)(COC(=O)[C@H]4[C@@H](C(C)=O)CC[C@@H]4C)CCC[C@@]32C)C1. The van der Waals surface area contributed by atoms with Crippen molar-refractivity contribution in [2.75, 3.05) is 6.61 Å². The first-order chi connectivity index (χ1) is 15.0. The van der Waals surface area contributed by atoms with Gasteiger partial charge < -0.3 is 4.74 Å². The Labute approximate surface area is 195 Å². The van der Waals surface area contributed by atoms with Gasteiger partial charge in [0, 0.05) is 11.3 Å². The maximum atomic E-state index is 13.1. The summed E-state index contributed by atoms with van der Waals surface area (Å²) in [6, 6.07) is 0. The minimum Gasteiger partial charge on any atom is -0.465 e. The number of rotatable bonds is 5. The zero-order valence-electron chi connectivity index (χ0n) is 21.0. The van der Waals surface area contributed by atoms with Gasteiger partial charge in [0.15, 0.2) is 0 Å². The molecule has 32 heavy (non-hydrogen) atoms. The van der Waals surface area contributed by atoms with E-state index in [1.165, 1.54) is 25.7 Å². The summed E-state index contributed by atoms with van der Waals surface area (Å²) in [6.07, 6.45) is 14.8. The lowest BCUT2D eigenvalue weighted by atomic mass is 9.45. The van der Waals surface area contributed by atoms with Crippen molar-refractivity contribution in [3.05, 3.63) is 24.3 Å². The molecule has 0 aromatic rings. The van der Waals surface area contributed by atoms with Crippen molar-refractivity contribution in [2.45, 2.75) is 92.4 Å². The number of hydrogen-bond acceptors (Lipinski definition) is 3. The van der Waals surface area contributed by atoms with Gasteiger partial charge in [0.2, 0.25) is 0 Å². The Bertz CT molecular complexity index is 811. The largest absolute Gasteiger partial charge is 0.465 e. The number of carbonyl (C=O) groups excluding carboxylic acids is 2. The zero-order chi connectivity index (χ0) is 23.3. The monoisotopic (exact) mass is 440 g/mol. The fourth-order valence-electron chi connectivity index (χ4n) is 8.29. The summed E-state index contributed by atoms with van der Waals surface area (Å²) < 4.78 is 6.07. The molecule has 4 aliphatic rings. The van der Waals surface area contributed by atoms with Crippen molar-refractivity contribution in [1.29, 1.82) is 0 Å². The Kier molecular flexibility index (Phi) is 6.27. The first-order valence-electron chi connectivity index (χ1n) is 13.0. The Morgan fingerprint density at radius 1 is 1.16 bits per heavy atom. The second-order valence-corrected chi connectivity index (χ2v) is 12.6. The quantitative estimate of drug-likeness (QED) is 0.344. The zero-order valence-corrected chi connectivity index (χ0v) is 21.0. The maximum Gasteiger partial charge on any atom is 0.309 e. The van der Waals surface area contributed by atoms with Crippen molar-refractivity contribution in [3.8, 4) is 0 Å². The molecule has 0 saturated heterocycles. The van der Waals surface area contributed by atoms with Gasteiger partial charge in [-0.1, -0.05) is 51.8 Å². The highest BCUT2D eigenvalue weighted by molar-refractivity contribution is 5.86. The van der Waals surface area contributed by atoms with Crippen LogP contribution in [0.15, 0.2) is 24.3 Å². The van der Waals surface area contributed by atoms with Crippen LogP contribution in [-0.2, 0) is 14.3 Å². The number of ketones is 1. The van der Waals surface area contributed by atoms with Crippen molar-refractivity contribution in [2.24, 2.45) is 45.8 Å². The van der Waals surface area contributed by atoms with Crippen LogP contribution in [0.2, 0.25) is 0 Å². The number of carbonyl (C=O) groups is 2. The summed E-state index contributed by atoms with van der Waals surface area (Å²) in [5.41, 5.74) is 2.19. The molecular formula is C29H44O3. The summed E-state index contributed by atoms with van der Waals surface area (Å²) in [4.78, 5) is 25.2. The van der Waals surface area contributed by atoms with Crippen LogP contribution in [-0.4, -0.2) is 18.4 Å². The van der Waals surface area contributed by atoms with E-state index in [4.69, 9.17) is 4.74 Å². The summed E-state index contributed by atoms with van der Waals surface area (Å²) in [5, 5.41) is 0. The molecule has 3 nitrogen and oxygen atoms in total. The van der Waals surface area contributed by atoms with Crippen molar-refractivity contribution in [1.82, 2.24) is 0 Å². The highest BCUT2D eigenvalue weighted by Gasteiger charge is 2.56. The van der Waals surface area contributed by atoms with E-state index in [1.807, 2.05) is 0 Å². The number of fused-ring (bicyclic) bond motifs is 3. The molecule has 4 rings (SSSR count). The lowest BCUT2D eigenvalue weighted by Crippen LogP contribution is -2.53. The topological polar surface area (TPSA) is 43.4 Å². The lowest BCUT2D eigenvalue weighted by Gasteiger charge is -2.59. The first-order valence-corrected chi connectivity index (χ1v) is 13.0. The Balaban J connectivity index is 1.50. The van der Waals surface area contributed by atoms with E-state index in [9.17, 15) is 9.59 Å². The average molecular weight is 441 g/mol. The van der Waals surface area contributed by atoms with Gasteiger partial charge in [0.25, 0.3) is 0 Å². The third-order valence-corrected chi connectivity index (χ3v) is 10.4. The van der Waals surface area contributed by atoms with E-state index >= 15 is 0 Å². The van der Waals surface area contributed by atoms with Gasteiger partial charge >= 0.3 is 5.97 Å². The molecule has 0 aliphatic heterocycles. The van der Waals surface area contributed by atoms with Crippen molar-refractivity contribution < 1.29 is 14.3 Å². The average Bonchev–Trinajstić information content (AvgIpc) is 3.13. The molecule has 0 spiro atoms. The van der Waals surface area contributed by atoms with Crippen LogP contribution in [0.1, 0.15) is 92.4 Å². The van der Waals surface area contributed by atoms with E-state index in [1.54, 1.807) is 12.5 Å². The molecule has 0 unspecified atom stereocenters. The van der Waals surface area contributed by atoms with Gasteiger partial charge in [-0.3, -0.25) is 9.59 Å². The van der Waals surface area contributed by atoms with Crippen LogP contribution in [0.4, 0.5) is 0 Å². The van der Waals surface area contributed by atoms with Crippen LogP contribution in [0.25, 0.3) is 0 Å². The van der Waals surface area contributed by atoms with E-state index < -0.39 is 0 Å². The standard InChI is InChI=1S/C29H44O3/c1-7-27(4)16-13-23-21(17-27)10-12-24-28(5,14-8-15-29(23,24)6)18-32-26(31)25-19(2)9-11-22(25)20(3)30/h7,10,19,22-25H,1,8-9,11-18H2,2-6H3/t19-,22+,23-,24+,25+,27-,28-,29+/m0/s1. The third kappa shape index (κ3) is 3.92. The molecule has 4 aliphatic carbocycles. The van der Waals surface area contributed by atoms with Crippen molar-refractivity contribution >= 4 is 11.8 Å². The van der Waals surface area contributed by atoms with Gasteiger partial charge in [0.1, 0.15) is 5.78 Å². The molecule has 0 radical (unpaired) electrons. The lowest BCUT2D eigenvalue weighted by molar-refractivity contribution is -0.162. The highest BCUT2D eigenvalue weighted by atomic mass is 16.5. The normalized spacial score (nSPS) is 45.9. The van der Waals surface area contributed by atoms with Gasteiger partial charge in [-0.15, -0.1) is 6.58 Å². The van der Waals surface area contributed by atoms with E-state index in [0.29, 0.717) is 18.4 Å². The molecule has 178 valence electrons. The molecule has 3 fully saturated rings. The third-order valence-electron chi connectivity index (χ3n) is 10.4. The van der Waals surface area contributed by atoms with Crippen LogP contribution in [0, 0.1) is 45.8 Å². The molecule has 0 aromatic carbocycles. The molecule has 0 N–H and O–H groups in total. The number of hydrogen-bond donors (Lipinski definition) is 0. The number of Topliss-reactive ketones (excluding diaryl/α,β-unsaturated/α-hetero) is 1. The molecular weight excluding hydrogens is 396 g/mol. The summed E-state index contributed by atoms with van der Waals surface area (Å²) in [5.74, 6) is 1.05. The van der Waals surface area contributed by atoms with Crippen molar-refractivity contribution in [3.63, 3.8) is 0 Å². The molecule has 0 aromatic heterocycles. The summed E-state index contributed by atoms with van der Waals surface area (Å²) >= 11 is 0. The van der Waals surface area contributed by atoms with E-state index in [2.05, 4.69) is 46.4 Å². The van der Waals surface area contributed by atoms with E-state index in [0.717, 1.165) is 32.1 Å². The first kappa shape index (κ1) is 23.8. The maximum absolute atomic E-state index is 13.1. The van der Waals surface area contributed by atoms with Crippen LogP contribution in [0.3, 0.4) is 0 Å². The molecule has 0 amide bonds. The van der Waals surface area contributed by atoms with Crippen LogP contribution >= 0.6 is 0 Å².